The van der Waals surface area contributed by atoms with Gasteiger partial charge in [0.05, 0.1) is 11.2 Å². The highest BCUT2D eigenvalue weighted by Crippen LogP contribution is 2.19. The molecule has 0 spiro atoms. The molecule has 22 heavy (non-hydrogen) atoms. The van der Waals surface area contributed by atoms with E-state index >= 15 is 0 Å². The number of rotatable bonds is 3. The number of benzene rings is 2. The molecule has 1 N–H and O–H groups in total. The minimum Gasteiger partial charge on any atom is -0.250 e. The summed E-state index contributed by atoms with van der Waals surface area (Å²) in [6.07, 6.45) is 1.33. The van der Waals surface area contributed by atoms with E-state index in [1.54, 1.807) is 6.07 Å². The van der Waals surface area contributed by atoms with Crippen molar-refractivity contribution in [2.45, 2.75) is 0 Å². The van der Waals surface area contributed by atoms with Crippen molar-refractivity contribution >= 4 is 30.0 Å². The Kier molecular flexibility index (Phi) is 4.13. The fourth-order valence-corrected chi connectivity index (χ4v) is 2.31. The van der Waals surface area contributed by atoms with Gasteiger partial charge in [-0.25, -0.2) is 9.49 Å². The topological polar surface area (TPSA) is 46.0 Å². The second-order valence-electron chi connectivity index (χ2n) is 4.41. The maximum atomic E-state index is 13.8. The lowest BCUT2D eigenvalue weighted by atomic mass is 10.2. The number of hydrogen-bond acceptors (Lipinski definition) is 3. The van der Waals surface area contributed by atoms with Gasteiger partial charge in [-0.3, -0.25) is 0 Å². The first kappa shape index (κ1) is 14.6. The van der Waals surface area contributed by atoms with E-state index in [1.807, 2.05) is 30.3 Å². The van der Waals surface area contributed by atoms with Gasteiger partial charge in [0.1, 0.15) is 5.82 Å². The molecule has 2 aromatic carbocycles. The summed E-state index contributed by atoms with van der Waals surface area (Å²) >= 11 is 11.1. The van der Waals surface area contributed by atoms with Gasteiger partial charge in [-0.05, 0) is 24.4 Å². The van der Waals surface area contributed by atoms with E-state index < -0.39 is 5.82 Å². The van der Waals surface area contributed by atoms with Crippen LogP contribution in [0.3, 0.4) is 0 Å². The van der Waals surface area contributed by atoms with Crippen molar-refractivity contribution in [3.8, 4) is 11.4 Å². The molecule has 110 valence electrons. The summed E-state index contributed by atoms with van der Waals surface area (Å²) in [6, 6.07) is 13.9. The fourth-order valence-electron chi connectivity index (χ4n) is 1.92. The highest BCUT2D eigenvalue weighted by Gasteiger charge is 2.08. The fraction of sp³-hybridized carbons (Fsp3) is 0. The Morgan fingerprint density at radius 3 is 2.68 bits per heavy atom. The van der Waals surface area contributed by atoms with Crippen molar-refractivity contribution in [3.63, 3.8) is 0 Å². The molecule has 0 radical (unpaired) electrons. The molecule has 3 rings (SSSR count). The summed E-state index contributed by atoms with van der Waals surface area (Å²) in [4.78, 5) is 0. The molecule has 1 heterocycles. The first-order valence-electron chi connectivity index (χ1n) is 6.38. The number of aromatic amines is 1. The molecular weight excluding hydrogens is 323 g/mol. The van der Waals surface area contributed by atoms with Gasteiger partial charge in [0.15, 0.2) is 5.82 Å². The van der Waals surface area contributed by atoms with Crippen LogP contribution in [-0.2, 0) is 0 Å². The quantitative estimate of drug-likeness (QED) is 0.574. The van der Waals surface area contributed by atoms with E-state index in [2.05, 4.69) is 15.3 Å². The lowest BCUT2D eigenvalue weighted by Crippen LogP contribution is -1.97. The predicted octanol–water partition coefficient (Wildman–Crippen LogP) is 4.28. The molecule has 7 heteroatoms. The zero-order valence-electron chi connectivity index (χ0n) is 11.2. The van der Waals surface area contributed by atoms with Crippen LogP contribution in [0.25, 0.3) is 11.4 Å². The Hall–Kier alpha value is -2.31. The van der Waals surface area contributed by atoms with Crippen LogP contribution >= 0.6 is 23.8 Å². The average Bonchev–Trinajstić information content (AvgIpc) is 2.89. The molecule has 0 unspecified atom stereocenters. The van der Waals surface area contributed by atoms with Crippen LogP contribution in [0.15, 0.2) is 53.6 Å². The van der Waals surface area contributed by atoms with E-state index in [1.165, 1.54) is 23.0 Å². The van der Waals surface area contributed by atoms with Crippen LogP contribution in [0.4, 0.5) is 4.39 Å². The van der Waals surface area contributed by atoms with Crippen LogP contribution in [0.1, 0.15) is 5.56 Å². The monoisotopic (exact) mass is 332 g/mol. The van der Waals surface area contributed by atoms with E-state index in [0.717, 1.165) is 5.56 Å². The van der Waals surface area contributed by atoms with Crippen molar-refractivity contribution in [3.05, 3.63) is 69.7 Å². The van der Waals surface area contributed by atoms with Crippen molar-refractivity contribution in [1.82, 2.24) is 14.9 Å². The Morgan fingerprint density at radius 2 is 1.95 bits per heavy atom. The minimum absolute atomic E-state index is 0.200. The normalized spacial score (nSPS) is 11.2. The summed E-state index contributed by atoms with van der Waals surface area (Å²) in [5.74, 6) is 0.0850. The highest BCUT2D eigenvalue weighted by molar-refractivity contribution is 7.71. The molecule has 0 amide bonds. The molecule has 0 saturated heterocycles. The molecule has 0 bridgehead atoms. The van der Waals surface area contributed by atoms with E-state index in [4.69, 9.17) is 23.8 Å². The van der Waals surface area contributed by atoms with Crippen molar-refractivity contribution < 1.29 is 4.39 Å². The summed E-state index contributed by atoms with van der Waals surface area (Å²) in [5.41, 5.74) is 1.04. The summed E-state index contributed by atoms with van der Waals surface area (Å²) in [6.45, 7) is 0. The largest absolute Gasteiger partial charge is 0.250 e. The van der Waals surface area contributed by atoms with Gasteiger partial charge >= 0.3 is 0 Å². The standard InChI is InChI=1S/C15H10ClFN4S/c16-12-7-4-8-13(17)11(12)9-18-21-14(19-20-15(21)22)10-5-2-1-3-6-10/h1-9H,(H,20,22)/b18-9+. The zero-order valence-corrected chi connectivity index (χ0v) is 12.8. The van der Waals surface area contributed by atoms with E-state index in [0.29, 0.717) is 10.6 Å². The van der Waals surface area contributed by atoms with Crippen LogP contribution in [0.2, 0.25) is 5.02 Å². The van der Waals surface area contributed by atoms with Gasteiger partial charge in [-0.2, -0.15) is 14.9 Å². The molecule has 0 aliphatic carbocycles. The van der Waals surface area contributed by atoms with Crippen LogP contribution in [-0.4, -0.2) is 21.1 Å². The molecule has 0 atom stereocenters. The third-order valence-electron chi connectivity index (χ3n) is 2.98. The molecule has 4 nitrogen and oxygen atoms in total. The molecular formula is C15H10ClFN4S. The summed E-state index contributed by atoms with van der Waals surface area (Å²) in [7, 11) is 0. The molecule has 3 aromatic rings. The lowest BCUT2D eigenvalue weighted by molar-refractivity contribution is 0.625. The average molecular weight is 333 g/mol. The van der Waals surface area contributed by atoms with Crippen LogP contribution in [0, 0.1) is 10.6 Å². The smallest absolute Gasteiger partial charge is 0.216 e. The number of halogens is 2. The minimum atomic E-state index is -0.451. The zero-order chi connectivity index (χ0) is 15.5. The van der Waals surface area contributed by atoms with E-state index in [-0.39, 0.29) is 10.6 Å². The van der Waals surface area contributed by atoms with Crippen molar-refractivity contribution in [1.29, 1.82) is 0 Å². The third kappa shape index (κ3) is 2.84. The van der Waals surface area contributed by atoms with Crippen molar-refractivity contribution in [2.75, 3.05) is 0 Å². The number of aromatic nitrogens is 3. The summed E-state index contributed by atoms with van der Waals surface area (Å²) < 4.78 is 15.5. The van der Waals surface area contributed by atoms with Gasteiger partial charge < -0.3 is 0 Å². The summed E-state index contributed by atoms with van der Waals surface area (Å²) in [5, 5.41) is 11.3. The second kappa shape index (κ2) is 6.21. The van der Waals surface area contributed by atoms with Gasteiger partial charge in [-0.1, -0.05) is 48.0 Å². The number of nitrogens with zero attached hydrogens (tertiary/aromatic N) is 3. The first-order chi connectivity index (χ1) is 10.7. The SMILES string of the molecule is Fc1cccc(Cl)c1/C=N/n1c(-c2ccccc2)n[nH]c1=S. The van der Waals surface area contributed by atoms with Gasteiger partial charge in [0.25, 0.3) is 0 Å². The van der Waals surface area contributed by atoms with Gasteiger partial charge in [-0.15, -0.1) is 0 Å². The molecule has 0 saturated carbocycles. The third-order valence-corrected chi connectivity index (χ3v) is 3.58. The van der Waals surface area contributed by atoms with E-state index in [9.17, 15) is 4.39 Å². The number of hydrogen-bond donors (Lipinski definition) is 1. The second-order valence-corrected chi connectivity index (χ2v) is 5.20. The first-order valence-corrected chi connectivity index (χ1v) is 7.16. The molecule has 1 aromatic heterocycles. The number of H-pyrrole nitrogens is 1. The van der Waals surface area contributed by atoms with Crippen LogP contribution < -0.4 is 0 Å². The van der Waals surface area contributed by atoms with Gasteiger partial charge in [0.2, 0.25) is 4.77 Å². The van der Waals surface area contributed by atoms with Gasteiger partial charge in [0, 0.05) is 11.1 Å². The molecule has 0 aliphatic heterocycles. The van der Waals surface area contributed by atoms with Crippen molar-refractivity contribution in [2.24, 2.45) is 5.10 Å². The molecule has 0 aliphatic rings. The maximum Gasteiger partial charge on any atom is 0.216 e. The Labute approximate surface area is 135 Å². The molecule has 0 fully saturated rings. The maximum absolute atomic E-state index is 13.8. The Morgan fingerprint density at radius 1 is 1.18 bits per heavy atom. The highest BCUT2D eigenvalue weighted by atomic mass is 35.5. The number of nitrogens with one attached hydrogen (secondary N) is 1. The Balaban J connectivity index is 2.05. The lowest BCUT2D eigenvalue weighted by Gasteiger charge is -2.02. The predicted molar refractivity (Wildman–Crippen MR) is 87.2 cm³/mol. The Bertz CT molecular complexity index is 866. The van der Waals surface area contributed by atoms with Crippen LogP contribution in [0.5, 0.6) is 0 Å².